The highest BCUT2D eigenvalue weighted by Crippen LogP contribution is 2.04. The van der Waals surface area contributed by atoms with Gasteiger partial charge in [0.05, 0.1) is 12.2 Å². The Kier molecular flexibility index (Phi) is 4.57. The van der Waals surface area contributed by atoms with Crippen molar-refractivity contribution in [2.75, 3.05) is 5.32 Å². The lowest BCUT2D eigenvalue weighted by Gasteiger charge is -2.12. The molecule has 0 saturated carbocycles. The monoisotopic (exact) mass is 275 g/mol. The molecular formula is C13H17N5S. The van der Waals surface area contributed by atoms with Crippen molar-refractivity contribution in [2.24, 2.45) is 0 Å². The van der Waals surface area contributed by atoms with Crippen LogP contribution >= 0.6 is 12.2 Å². The summed E-state index contributed by atoms with van der Waals surface area (Å²) in [5.74, 6) is 0.580. The minimum Gasteiger partial charge on any atom is -0.352 e. The lowest BCUT2D eigenvalue weighted by Crippen LogP contribution is -2.17. The summed E-state index contributed by atoms with van der Waals surface area (Å²) in [6, 6.07) is 6.12. The number of pyridine rings is 1. The maximum absolute atomic E-state index is 5.27. The minimum atomic E-state index is 0.334. The van der Waals surface area contributed by atoms with Crippen molar-refractivity contribution >= 4 is 18.2 Å². The minimum absolute atomic E-state index is 0.334. The van der Waals surface area contributed by atoms with Gasteiger partial charge in [0.25, 0.3) is 0 Å². The van der Waals surface area contributed by atoms with E-state index in [0.717, 1.165) is 12.1 Å². The van der Waals surface area contributed by atoms with E-state index in [0.29, 0.717) is 23.3 Å². The van der Waals surface area contributed by atoms with Gasteiger partial charge in [-0.25, -0.2) is 4.98 Å². The zero-order chi connectivity index (χ0) is 13.7. The van der Waals surface area contributed by atoms with Gasteiger partial charge in [0.15, 0.2) is 0 Å². The Bertz CT molecular complexity index is 581. The van der Waals surface area contributed by atoms with E-state index in [1.165, 1.54) is 0 Å². The third-order valence-corrected chi connectivity index (χ3v) is 3.14. The Labute approximate surface area is 117 Å². The van der Waals surface area contributed by atoms with Gasteiger partial charge in [0.1, 0.15) is 6.33 Å². The molecule has 100 valence electrons. The average molecular weight is 275 g/mol. The van der Waals surface area contributed by atoms with Crippen molar-refractivity contribution < 1.29 is 0 Å². The van der Waals surface area contributed by atoms with Crippen LogP contribution in [-0.4, -0.2) is 25.6 Å². The van der Waals surface area contributed by atoms with Crippen molar-refractivity contribution in [2.45, 2.75) is 32.9 Å². The quantitative estimate of drug-likeness (QED) is 0.850. The summed E-state index contributed by atoms with van der Waals surface area (Å²) >= 11 is 5.27. The van der Waals surface area contributed by atoms with Crippen LogP contribution in [0.5, 0.6) is 0 Å². The molecule has 5 nitrogen and oxygen atoms in total. The molecule has 0 saturated heterocycles. The zero-order valence-corrected chi connectivity index (χ0v) is 11.9. The molecule has 2 aromatic heterocycles. The van der Waals surface area contributed by atoms with Crippen LogP contribution in [0.15, 0.2) is 30.7 Å². The first-order chi connectivity index (χ1) is 9.19. The molecule has 2 aromatic rings. The SMILES string of the molecule is CCC(C)Nc1ncn(Cc2ccccn2)c(=S)n1. The molecule has 1 unspecified atom stereocenters. The first-order valence-corrected chi connectivity index (χ1v) is 6.69. The van der Waals surface area contributed by atoms with Crippen molar-refractivity contribution in [3.8, 4) is 0 Å². The Hall–Kier alpha value is -1.82. The molecule has 19 heavy (non-hydrogen) atoms. The van der Waals surface area contributed by atoms with Crippen LogP contribution in [0.4, 0.5) is 5.95 Å². The average Bonchev–Trinajstić information content (AvgIpc) is 2.43. The van der Waals surface area contributed by atoms with Gasteiger partial charge in [-0.1, -0.05) is 13.0 Å². The number of rotatable bonds is 5. The van der Waals surface area contributed by atoms with E-state index < -0.39 is 0 Å². The smallest absolute Gasteiger partial charge is 0.227 e. The van der Waals surface area contributed by atoms with Crippen LogP contribution in [0.3, 0.4) is 0 Å². The van der Waals surface area contributed by atoms with Gasteiger partial charge in [0, 0.05) is 12.2 Å². The fourth-order valence-electron chi connectivity index (χ4n) is 1.52. The fourth-order valence-corrected chi connectivity index (χ4v) is 1.72. The largest absolute Gasteiger partial charge is 0.352 e. The Morgan fingerprint density at radius 2 is 2.21 bits per heavy atom. The maximum Gasteiger partial charge on any atom is 0.227 e. The zero-order valence-electron chi connectivity index (χ0n) is 11.1. The highest BCUT2D eigenvalue weighted by molar-refractivity contribution is 7.71. The molecule has 2 rings (SSSR count). The molecule has 0 radical (unpaired) electrons. The lowest BCUT2D eigenvalue weighted by atomic mass is 10.3. The summed E-state index contributed by atoms with van der Waals surface area (Å²) in [5.41, 5.74) is 0.935. The Balaban J connectivity index is 2.14. The predicted molar refractivity (Wildman–Crippen MR) is 77.6 cm³/mol. The van der Waals surface area contributed by atoms with Crippen LogP contribution in [0.1, 0.15) is 26.0 Å². The summed E-state index contributed by atoms with van der Waals surface area (Å²) < 4.78 is 2.31. The molecule has 1 N–H and O–H groups in total. The lowest BCUT2D eigenvalue weighted by molar-refractivity contribution is 0.695. The van der Waals surface area contributed by atoms with Gasteiger partial charge in [-0.2, -0.15) is 4.98 Å². The normalized spacial score (nSPS) is 12.1. The van der Waals surface area contributed by atoms with Gasteiger partial charge >= 0.3 is 0 Å². The fraction of sp³-hybridized carbons (Fsp3) is 0.385. The van der Waals surface area contributed by atoms with Crippen LogP contribution in [0.25, 0.3) is 0 Å². The van der Waals surface area contributed by atoms with E-state index in [2.05, 4.69) is 34.1 Å². The summed E-state index contributed by atoms with van der Waals surface area (Å²) in [6.45, 7) is 4.78. The summed E-state index contributed by atoms with van der Waals surface area (Å²) in [5, 5.41) is 3.21. The molecule has 0 aliphatic heterocycles. The molecule has 2 heterocycles. The maximum atomic E-state index is 5.27. The molecular weight excluding hydrogens is 258 g/mol. The molecule has 0 bridgehead atoms. The number of nitrogens with zero attached hydrogens (tertiary/aromatic N) is 4. The third-order valence-electron chi connectivity index (χ3n) is 2.81. The van der Waals surface area contributed by atoms with Crippen LogP contribution in [0, 0.1) is 4.77 Å². The Morgan fingerprint density at radius 1 is 1.37 bits per heavy atom. The number of anilines is 1. The predicted octanol–water partition coefficient (Wildman–Crippen LogP) is 2.66. The van der Waals surface area contributed by atoms with Gasteiger partial charge in [-0.15, -0.1) is 0 Å². The van der Waals surface area contributed by atoms with E-state index in [-0.39, 0.29) is 0 Å². The second kappa shape index (κ2) is 6.38. The summed E-state index contributed by atoms with van der Waals surface area (Å²) in [7, 11) is 0. The first-order valence-electron chi connectivity index (χ1n) is 6.29. The van der Waals surface area contributed by atoms with Crippen molar-refractivity contribution in [3.05, 3.63) is 41.2 Å². The van der Waals surface area contributed by atoms with Crippen LogP contribution in [0.2, 0.25) is 0 Å². The van der Waals surface area contributed by atoms with E-state index in [4.69, 9.17) is 12.2 Å². The molecule has 0 spiro atoms. The summed E-state index contributed by atoms with van der Waals surface area (Å²) in [6.07, 6.45) is 4.48. The molecule has 0 aliphatic rings. The molecule has 0 amide bonds. The molecule has 0 fully saturated rings. The van der Waals surface area contributed by atoms with Gasteiger partial charge in [0.2, 0.25) is 10.7 Å². The molecule has 0 aliphatic carbocycles. The molecule has 0 aromatic carbocycles. The topological polar surface area (TPSA) is 55.6 Å². The standard InChI is InChI=1S/C13H17N5S/c1-3-10(2)16-12-15-9-18(13(19)17-12)8-11-6-4-5-7-14-11/h4-7,9-10H,3,8H2,1-2H3,(H,16,17,19). The van der Waals surface area contributed by atoms with Crippen molar-refractivity contribution in [1.29, 1.82) is 0 Å². The van der Waals surface area contributed by atoms with Gasteiger partial charge in [-0.3, -0.25) is 4.98 Å². The highest BCUT2D eigenvalue weighted by atomic mass is 32.1. The summed E-state index contributed by atoms with van der Waals surface area (Å²) in [4.78, 5) is 12.8. The second-order valence-corrected chi connectivity index (χ2v) is 4.73. The second-order valence-electron chi connectivity index (χ2n) is 4.37. The first kappa shape index (κ1) is 13.6. The van der Waals surface area contributed by atoms with E-state index in [9.17, 15) is 0 Å². The van der Waals surface area contributed by atoms with Crippen molar-refractivity contribution in [1.82, 2.24) is 19.5 Å². The number of aromatic nitrogens is 4. The molecule has 6 heteroatoms. The highest BCUT2D eigenvalue weighted by Gasteiger charge is 2.03. The van der Waals surface area contributed by atoms with Gasteiger partial charge in [-0.05, 0) is 37.7 Å². The van der Waals surface area contributed by atoms with E-state index in [1.54, 1.807) is 17.1 Å². The van der Waals surface area contributed by atoms with Gasteiger partial charge < -0.3 is 9.88 Å². The van der Waals surface area contributed by atoms with Crippen LogP contribution < -0.4 is 5.32 Å². The Morgan fingerprint density at radius 3 is 2.84 bits per heavy atom. The van der Waals surface area contributed by atoms with E-state index in [1.807, 2.05) is 18.2 Å². The number of nitrogens with one attached hydrogen (secondary N) is 1. The molecule has 1 atom stereocenters. The van der Waals surface area contributed by atoms with Crippen molar-refractivity contribution in [3.63, 3.8) is 0 Å². The van der Waals surface area contributed by atoms with E-state index >= 15 is 0 Å². The number of hydrogen-bond acceptors (Lipinski definition) is 5. The third kappa shape index (κ3) is 3.82. The van der Waals surface area contributed by atoms with Crippen LogP contribution in [-0.2, 0) is 6.54 Å². The number of hydrogen-bond donors (Lipinski definition) is 1.